The third kappa shape index (κ3) is 2.51. The maximum Gasteiger partial charge on any atom is 0.123 e. The maximum atomic E-state index is 12.8. The molecule has 0 amide bonds. The Balaban J connectivity index is 2.38. The van der Waals surface area contributed by atoms with Crippen molar-refractivity contribution in [3.8, 4) is 17.2 Å². The lowest BCUT2D eigenvalue weighted by Gasteiger charge is -2.06. The van der Waals surface area contributed by atoms with Crippen LogP contribution in [0.1, 0.15) is 11.1 Å². The van der Waals surface area contributed by atoms with Crippen LogP contribution >= 0.6 is 0 Å². The van der Waals surface area contributed by atoms with Gasteiger partial charge in [0.2, 0.25) is 0 Å². The number of hydrogen-bond donors (Lipinski definition) is 0. The third-order valence-electron chi connectivity index (χ3n) is 2.79. The second kappa shape index (κ2) is 4.80. The first-order valence-electron chi connectivity index (χ1n) is 5.43. The lowest BCUT2D eigenvalue weighted by Crippen LogP contribution is -1.88. The molecule has 0 N–H and O–H groups in total. The van der Waals surface area contributed by atoms with Crippen LogP contribution in [-0.4, -0.2) is 0 Å². The van der Waals surface area contributed by atoms with Gasteiger partial charge in [-0.05, 0) is 41.3 Å². The first kappa shape index (κ1) is 11.3. The van der Waals surface area contributed by atoms with Crippen LogP contribution in [0.4, 0.5) is 4.39 Å². The second-order valence-corrected chi connectivity index (χ2v) is 3.98. The van der Waals surface area contributed by atoms with Crippen LogP contribution in [0.25, 0.3) is 11.1 Å². The highest BCUT2D eigenvalue weighted by Gasteiger charge is 2.02. The minimum Gasteiger partial charge on any atom is -0.207 e. The van der Waals surface area contributed by atoms with Crippen LogP contribution < -0.4 is 0 Å². The number of halogens is 1. The summed E-state index contributed by atoms with van der Waals surface area (Å²) in [4.78, 5) is 0. The molecule has 0 radical (unpaired) electrons. The molecule has 0 saturated carbocycles. The van der Waals surface area contributed by atoms with E-state index >= 15 is 0 Å². The van der Waals surface area contributed by atoms with Gasteiger partial charge in [-0.2, -0.15) is 5.26 Å². The topological polar surface area (TPSA) is 23.8 Å². The summed E-state index contributed by atoms with van der Waals surface area (Å²) < 4.78 is 12.8. The molecule has 1 nitrogen and oxygen atoms in total. The Morgan fingerprint density at radius 2 is 1.71 bits per heavy atom. The Morgan fingerprint density at radius 3 is 2.29 bits per heavy atom. The molecular weight excluding hydrogens is 213 g/mol. The SMILES string of the molecule is Cc1cc(-c2ccc(F)cc2)ccc1CC#N. The summed E-state index contributed by atoms with van der Waals surface area (Å²) in [6.07, 6.45) is 0.426. The van der Waals surface area contributed by atoms with E-state index in [-0.39, 0.29) is 5.82 Å². The van der Waals surface area contributed by atoms with Crippen LogP contribution in [0.5, 0.6) is 0 Å². The van der Waals surface area contributed by atoms with Gasteiger partial charge in [0.25, 0.3) is 0 Å². The van der Waals surface area contributed by atoms with Gasteiger partial charge in [-0.15, -0.1) is 0 Å². The summed E-state index contributed by atoms with van der Waals surface area (Å²) in [5.74, 6) is -0.230. The van der Waals surface area contributed by atoms with Crippen molar-refractivity contribution in [1.82, 2.24) is 0 Å². The van der Waals surface area contributed by atoms with E-state index in [1.807, 2.05) is 25.1 Å². The number of rotatable bonds is 2. The summed E-state index contributed by atoms with van der Waals surface area (Å²) in [7, 11) is 0. The van der Waals surface area contributed by atoms with Gasteiger partial charge in [-0.25, -0.2) is 4.39 Å². The molecule has 2 aromatic carbocycles. The van der Waals surface area contributed by atoms with Gasteiger partial charge >= 0.3 is 0 Å². The fraction of sp³-hybridized carbons (Fsp3) is 0.133. The van der Waals surface area contributed by atoms with Crippen molar-refractivity contribution < 1.29 is 4.39 Å². The zero-order valence-corrected chi connectivity index (χ0v) is 9.57. The Labute approximate surface area is 100 Å². The Bertz CT molecular complexity index is 564. The number of hydrogen-bond acceptors (Lipinski definition) is 1. The van der Waals surface area contributed by atoms with Gasteiger partial charge in [0.05, 0.1) is 12.5 Å². The molecule has 2 aromatic rings. The highest BCUT2D eigenvalue weighted by Crippen LogP contribution is 2.22. The van der Waals surface area contributed by atoms with E-state index in [0.717, 1.165) is 22.3 Å². The van der Waals surface area contributed by atoms with E-state index in [4.69, 9.17) is 5.26 Å². The first-order chi connectivity index (χ1) is 8.20. The molecule has 2 heteroatoms. The summed E-state index contributed by atoms with van der Waals surface area (Å²) in [5.41, 5.74) is 4.16. The predicted octanol–water partition coefficient (Wildman–Crippen LogP) is 3.87. The van der Waals surface area contributed by atoms with Crippen molar-refractivity contribution in [3.05, 3.63) is 59.4 Å². The first-order valence-corrected chi connectivity index (χ1v) is 5.43. The summed E-state index contributed by atoms with van der Waals surface area (Å²) in [5, 5.41) is 8.67. The maximum absolute atomic E-state index is 12.8. The molecule has 17 heavy (non-hydrogen) atoms. The van der Waals surface area contributed by atoms with Crippen LogP contribution in [-0.2, 0) is 6.42 Å². The van der Waals surface area contributed by atoms with E-state index in [0.29, 0.717) is 6.42 Å². The van der Waals surface area contributed by atoms with Gasteiger partial charge in [-0.3, -0.25) is 0 Å². The van der Waals surface area contributed by atoms with Gasteiger partial charge < -0.3 is 0 Å². The average Bonchev–Trinajstić information content (AvgIpc) is 2.33. The Morgan fingerprint density at radius 1 is 1.06 bits per heavy atom. The third-order valence-corrected chi connectivity index (χ3v) is 2.79. The minimum atomic E-state index is -0.230. The molecule has 84 valence electrons. The van der Waals surface area contributed by atoms with E-state index in [1.54, 1.807) is 12.1 Å². The lowest BCUT2D eigenvalue weighted by molar-refractivity contribution is 0.628. The fourth-order valence-corrected chi connectivity index (χ4v) is 1.80. The second-order valence-electron chi connectivity index (χ2n) is 3.98. The van der Waals surface area contributed by atoms with Crippen LogP contribution in [0.2, 0.25) is 0 Å². The van der Waals surface area contributed by atoms with Crippen molar-refractivity contribution in [2.75, 3.05) is 0 Å². The number of nitrogens with zero attached hydrogens (tertiary/aromatic N) is 1. The molecule has 0 spiro atoms. The molecule has 2 rings (SSSR count). The summed E-state index contributed by atoms with van der Waals surface area (Å²) in [6, 6.07) is 14.5. The molecule has 0 unspecified atom stereocenters. The molecule has 0 fully saturated rings. The van der Waals surface area contributed by atoms with E-state index in [9.17, 15) is 4.39 Å². The summed E-state index contributed by atoms with van der Waals surface area (Å²) in [6.45, 7) is 1.99. The van der Waals surface area contributed by atoms with Crippen molar-refractivity contribution in [2.45, 2.75) is 13.3 Å². The van der Waals surface area contributed by atoms with Crippen LogP contribution in [0.15, 0.2) is 42.5 Å². The summed E-state index contributed by atoms with van der Waals surface area (Å²) >= 11 is 0. The van der Waals surface area contributed by atoms with E-state index in [2.05, 4.69) is 6.07 Å². The van der Waals surface area contributed by atoms with E-state index < -0.39 is 0 Å². The van der Waals surface area contributed by atoms with Gasteiger partial charge in [0.1, 0.15) is 5.82 Å². The van der Waals surface area contributed by atoms with Gasteiger partial charge in [0.15, 0.2) is 0 Å². The lowest BCUT2D eigenvalue weighted by atomic mass is 9.99. The molecule has 0 heterocycles. The highest BCUT2D eigenvalue weighted by atomic mass is 19.1. The highest BCUT2D eigenvalue weighted by molar-refractivity contribution is 5.64. The molecular formula is C15H12FN. The molecule has 0 bridgehead atoms. The largest absolute Gasteiger partial charge is 0.207 e. The van der Waals surface area contributed by atoms with Crippen LogP contribution in [0.3, 0.4) is 0 Å². The van der Waals surface area contributed by atoms with Crippen molar-refractivity contribution in [1.29, 1.82) is 5.26 Å². The smallest absolute Gasteiger partial charge is 0.123 e. The van der Waals surface area contributed by atoms with Crippen LogP contribution in [0, 0.1) is 24.1 Å². The number of nitriles is 1. The van der Waals surface area contributed by atoms with Crippen molar-refractivity contribution >= 4 is 0 Å². The molecule has 0 aliphatic heterocycles. The van der Waals surface area contributed by atoms with Gasteiger partial charge in [-0.1, -0.05) is 30.3 Å². The van der Waals surface area contributed by atoms with E-state index in [1.165, 1.54) is 12.1 Å². The predicted molar refractivity (Wildman–Crippen MR) is 65.9 cm³/mol. The Kier molecular flexibility index (Phi) is 3.20. The Hall–Kier alpha value is -2.14. The number of aryl methyl sites for hydroxylation is 1. The zero-order chi connectivity index (χ0) is 12.3. The zero-order valence-electron chi connectivity index (χ0n) is 9.57. The normalized spacial score (nSPS) is 9.94. The monoisotopic (exact) mass is 225 g/mol. The van der Waals surface area contributed by atoms with Crippen molar-refractivity contribution in [2.24, 2.45) is 0 Å². The standard InChI is InChI=1S/C15H12FN/c1-11-10-14(3-2-12(11)8-9-17)13-4-6-15(16)7-5-13/h2-7,10H,8H2,1H3. The molecule has 0 aliphatic rings. The van der Waals surface area contributed by atoms with Crippen molar-refractivity contribution in [3.63, 3.8) is 0 Å². The average molecular weight is 225 g/mol. The number of benzene rings is 2. The molecule has 0 aliphatic carbocycles. The fourth-order valence-electron chi connectivity index (χ4n) is 1.80. The quantitative estimate of drug-likeness (QED) is 0.761. The van der Waals surface area contributed by atoms with Gasteiger partial charge in [0, 0.05) is 0 Å². The molecule has 0 atom stereocenters. The molecule has 0 aromatic heterocycles. The molecule has 0 saturated heterocycles. The minimum absolute atomic E-state index is 0.230.